The fourth-order valence-corrected chi connectivity index (χ4v) is 4.41. The maximum atomic E-state index is 12.4. The Balaban J connectivity index is 1.42. The number of hydrogen-bond donors (Lipinski definition) is 0. The molecule has 0 N–H and O–H groups in total. The van der Waals surface area contributed by atoms with E-state index in [4.69, 9.17) is 13.9 Å². The molecule has 0 aliphatic rings. The molecule has 0 saturated heterocycles. The average molecular weight is 481 g/mol. The van der Waals surface area contributed by atoms with Gasteiger partial charge in [0.1, 0.15) is 24.3 Å². The topological polar surface area (TPSA) is 66.5 Å². The molecule has 0 radical (unpaired) electrons. The van der Waals surface area contributed by atoms with E-state index in [9.17, 15) is 4.79 Å². The van der Waals surface area contributed by atoms with Crippen molar-refractivity contribution in [2.24, 2.45) is 0 Å². The Bertz CT molecular complexity index is 1470. The lowest BCUT2D eigenvalue weighted by Crippen LogP contribution is -2.09. The van der Waals surface area contributed by atoms with E-state index in [-0.39, 0.29) is 19.0 Å². The second-order valence-electron chi connectivity index (χ2n) is 8.60. The summed E-state index contributed by atoms with van der Waals surface area (Å²) in [5, 5.41) is 0.985. The van der Waals surface area contributed by atoms with Gasteiger partial charge >= 0.3 is 5.97 Å². The van der Waals surface area contributed by atoms with Crippen molar-refractivity contribution in [3.63, 3.8) is 0 Å². The molecule has 2 heterocycles. The van der Waals surface area contributed by atoms with E-state index in [0.717, 1.165) is 27.7 Å². The van der Waals surface area contributed by atoms with E-state index in [0.29, 0.717) is 30.5 Å². The number of esters is 1. The monoisotopic (exact) mass is 480 g/mol. The Morgan fingerprint density at radius 3 is 2.50 bits per heavy atom. The Morgan fingerprint density at radius 1 is 1.00 bits per heavy atom. The summed E-state index contributed by atoms with van der Waals surface area (Å²) in [6, 6.07) is 26.1. The van der Waals surface area contributed by atoms with Crippen LogP contribution in [0.25, 0.3) is 22.4 Å². The molecule has 0 spiro atoms. The Kier molecular flexibility index (Phi) is 6.85. The number of carbonyl (C=O) groups is 1. The maximum absolute atomic E-state index is 12.4. The molecule has 0 amide bonds. The van der Waals surface area contributed by atoms with Crippen LogP contribution in [-0.2, 0) is 29.1 Å². The lowest BCUT2D eigenvalue weighted by molar-refractivity contribution is -0.142. The highest BCUT2D eigenvalue weighted by atomic mass is 16.5. The predicted octanol–water partition coefficient (Wildman–Crippen LogP) is 6.34. The fraction of sp³-hybridized carbons (Fsp3) is 0.200. The van der Waals surface area contributed by atoms with Crippen molar-refractivity contribution in [2.45, 2.75) is 33.4 Å². The molecule has 0 unspecified atom stereocenters. The van der Waals surface area contributed by atoms with Crippen LogP contribution in [0, 0.1) is 6.92 Å². The van der Waals surface area contributed by atoms with Crippen molar-refractivity contribution in [2.75, 3.05) is 6.61 Å². The molecular formula is C30H28N2O4. The first-order valence-corrected chi connectivity index (χ1v) is 12.1. The molecule has 36 heavy (non-hydrogen) atoms. The van der Waals surface area contributed by atoms with Gasteiger partial charge in [-0.15, -0.1) is 0 Å². The number of aromatic nitrogens is 2. The lowest BCUT2D eigenvalue weighted by Gasteiger charge is -2.09. The minimum absolute atomic E-state index is 0.213. The lowest BCUT2D eigenvalue weighted by atomic mass is 10.1. The van der Waals surface area contributed by atoms with Crippen molar-refractivity contribution in [1.29, 1.82) is 0 Å². The summed E-state index contributed by atoms with van der Waals surface area (Å²) in [7, 11) is 0. The third-order valence-corrected chi connectivity index (χ3v) is 6.19. The predicted molar refractivity (Wildman–Crippen MR) is 139 cm³/mol. The van der Waals surface area contributed by atoms with Gasteiger partial charge in [0.05, 0.1) is 13.0 Å². The minimum Gasteiger partial charge on any atom is -0.487 e. The van der Waals surface area contributed by atoms with E-state index in [1.165, 1.54) is 5.56 Å². The first-order chi connectivity index (χ1) is 17.6. The number of rotatable bonds is 9. The van der Waals surface area contributed by atoms with E-state index < -0.39 is 0 Å². The normalized spacial score (nSPS) is 11.1. The Hall–Kier alpha value is -4.32. The molecule has 0 aliphatic heterocycles. The molecule has 2 aromatic heterocycles. The van der Waals surface area contributed by atoms with Gasteiger partial charge in [-0.1, -0.05) is 48.5 Å². The van der Waals surface area contributed by atoms with Crippen molar-refractivity contribution in [3.05, 3.63) is 108 Å². The zero-order valence-electron chi connectivity index (χ0n) is 20.4. The van der Waals surface area contributed by atoms with Crippen LogP contribution < -0.4 is 4.74 Å². The molecule has 0 atom stereocenters. The number of hydrogen-bond acceptors (Lipinski definition) is 5. The van der Waals surface area contributed by atoms with Crippen LogP contribution in [-0.4, -0.2) is 22.1 Å². The average Bonchev–Trinajstić information content (AvgIpc) is 3.48. The number of fused-ring (bicyclic) bond motifs is 1. The number of oxazole rings is 1. The molecule has 5 rings (SSSR count). The molecule has 6 nitrogen and oxygen atoms in total. The maximum Gasteiger partial charge on any atom is 0.310 e. The zero-order valence-corrected chi connectivity index (χ0v) is 20.4. The third kappa shape index (κ3) is 5.03. The molecule has 182 valence electrons. The van der Waals surface area contributed by atoms with Crippen molar-refractivity contribution < 1.29 is 18.7 Å². The summed E-state index contributed by atoms with van der Waals surface area (Å²) in [5.74, 6) is 1.03. The Morgan fingerprint density at radius 2 is 1.75 bits per heavy atom. The number of ether oxygens (including phenoxy) is 2. The molecule has 6 heteroatoms. The van der Waals surface area contributed by atoms with Gasteiger partial charge in [0.2, 0.25) is 5.89 Å². The van der Waals surface area contributed by atoms with Crippen LogP contribution in [0.4, 0.5) is 0 Å². The SMILES string of the molecule is CCOC(=O)Cc1c(C)n(Cc2ccccc2)c2ccc(OCc3coc(-c4ccccc4)n3)cc12. The van der Waals surface area contributed by atoms with Gasteiger partial charge in [-0.25, -0.2) is 4.98 Å². The fourth-order valence-electron chi connectivity index (χ4n) is 4.41. The van der Waals surface area contributed by atoms with Crippen molar-refractivity contribution in [3.8, 4) is 17.2 Å². The summed E-state index contributed by atoms with van der Waals surface area (Å²) in [5.41, 5.74) is 5.87. The van der Waals surface area contributed by atoms with Crippen LogP contribution in [0.3, 0.4) is 0 Å². The van der Waals surface area contributed by atoms with E-state index in [1.54, 1.807) is 6.26 Å². The van der Waals surface area contributed by atoms with Gasteiger partial charge in [0.15, 0.2) is 0 Å². The second-order valence-corrected chi connectivity index (χ2v) is 8.60. The second kappa shape index (κ2) is 10.5. The zero-order chi connectivity index (χ0) is 24.9. The van der Waals surface area contributed by atoms with Gasteiger partial charge in [0, 0.05) is 28.7 Å². The number of carbonyl (C=O) groups excluding carboxylic acids is 1. The van der Waals surface area contributed by atoms with Crippen molar-refractivity contribution >= 4 is 16.9 Å². The number of nitrogens with zero attached hydrogens (tertiary/aromatic N) is 2. The van der Waals surface area contributed by atoms with E-state index in [1.807, 2.05) is 73.7 Å². The number of benzene rings is 3. The van der Waals surface area contributed by atoms with Gasteiger partial charge < -0.3 is 18.5 Å². The van der Waals surface area contributed by atoms with Gasteiger partial charge in [-0.2, -0.15) is 0 Å². The van der Waals surface area contributed by atoms with Crippen LogP contribution in [0.1, 0.15) is 29.4 Å². The highest BCUT2D eigenvalue weighted by Crippen LogP contribution is 2.31. The van der Waals surface area contributed by atoms with Crippen LogP contribution in [0.2, 0.25) is 0 Å². The molecule has 0 saturated carbocycles. The van der Waals surface area contributed by atoms with E-state index in [2.05, 4.69) is 28.6 Å². The van der Waals surface area contributed by atoms with E-state index >= 15 is 0 Å². The van der Waals surface area contributed by atoms with Gasteiger partial charge in [-0.05, 0) is 55.3 Å². The summed E-state index contributed by atoms with van der Waals surface area (Å²) < 4.78 is 19.2. The molecule has 5 aromatic rings. The summed E-state index contributed by atoms with van der Waals surface area (Å²) in [4.78, 5) is 17.0. The largest absolute Gasteiger partial charge is 0.487 e. The third-order valence-electron chi connectivity index (χ3n) is 6.19. The van der Waals surface area contributed by atoms with Crippen molar-refractivity contribution in [1.82, 2.24) is 9.55 Å². The smallest absolute Gasteiger partial charge is 0.310 e. The first kappa shape index (κ1) is 23.4. The van der Waals surface area contributed by atoms with Crippen LogP contribution in [0.15, 0.2) is 89.5 Å². The van der Waals surface area contributed by atoms with Crippen LogP contribution in [0.5, 0.6) is 5.75 Å². The summed E-state index contributed by atoms with van der Waals surface area (Å²) in [6.07, 6.45) is 1.83. The molecule has 3 aromatic carbocycles. The quantitative estimate of drug-likeness (QED) is 0.230. The standard InChI is InChI=1S/C30H28N2O4/c1-3-34-29(33)17-26-21(2)32(18-22-10-6-4-7-11-22)28-15-14-25(16-27(26)28)35-19-24-20-36-30(31-24)23-12-8-5-9-13-23/h4-16,20H,3,17-19H2,1-2H3. The molecule has 0 fully saturated rings. The highest BCUT2D eigenvalue weighted by molar-refractivity contribution is 5.90. The first-order valence-electron chi connectivity index (χ1n) is 12.1. The minimum atomic E-state index is -0.235. The molecular weight excluding hydrogens is 452 g/mol. The van der Waals surface area contributed by atoms with Gasteiger partial charge in [-0.3, -0.25) is 4.79 Å². The summed E-state index contributed by atoms with van der Waals surface area (Å²) >= 11 is 0. The molecule has 0 bridgehead atoms. The van der Waals surface area contributed by atoms with Crippen LogP contribution >= 0.6 is 0 Å². The highest BCUT2D eigenvalue weighted by Gasteiger charge is 2.18. The molecule has 0 aliphatic carbocycles. The Labute approximate surface area is 210 Å². The van der Waals surface area contributed by atoms with Gasteiger partial charge in [0.25, 0.3) is 0 Å². The summed E-state index contributed by atoms with van der Waals surface area (Å²) in [6.45, 7) is 5.23.